The highest BCUT2D eigenvalue weighted by molar-refractivity contribution is 5.98. The number of amides is 1. The van der Waals surface area contributed by atoms with Crippen molar-refractivity contribution in [2.45, 2.75) is 44.8 Å². The van der Waals surface area contributed by atoms with E-state index in [1.807, 2.05) is 42.2 Å². The summed E-state index contributed by atoms with van der Waals surface area (Å²) in [6, 6.07) is 12.5. The first-order valence-electron chi connectivity index (χ1n) is 10.7. The second-order valence-electron chi connectivity index (χ2n) is 8.20. The first-order chi connectivity index (χ1) is 15.2. The third kappa shape index (κ3) is 5.94. The monoisotopic (exact) mass is 449 g/mol. The number of nitrogens with zero attached hydrogens (tertiary/aromatic N) is 1. The number of likely N-dealkylation sites (tertiary alicyclic amines) is 1. The maximum atomic E-state index is 13.8. The van der Waals surface area contributed by atoms with Gasteiger partial charge in [0.15, 0.2) is 0 Å². The molecule has 2 atom stereocenters. The molecule has 0 radical (unpaired) electrons. The highest BCUT2D eigenvalue weighted by Crippen LogP contribution is 2.38. The summed E-state index contributed by atoms with van der Waals surface area (Å²) in [5, 5.41) is 10.6. The van der Waals surface area contributed by atoms with Gasteiger partial charge in [-0.2, -0.15) is 13.2 Å². The summed E-state index contributed by atoms with van der Waals surface area (Å²) in [5.41, 5.74) is -0.0287. The van der Waals surface area contributed by atoms with Crippen LogP contribution >= 0.6 is 0 Å². The number of amidine groups is 1. The van der Waals surface area contributed by atoms with Crippen LogP contribution in [0, 0.1) is 17.1 Å². The summed E-state index contributed by atoms with van der Waals surface area (Å²) >= 11 is 0. The molecule has 172 valence electrons. The number of benzene rings is 2. The van der Waals surface area contributed by atoms with Gasteiger partial charge in [-0.25, -0.2) is 4.39 Å². The van der Waals surface area contributed by atoms with Crippen LogP contribution in [0.15, 0.2) is 48.5 Å². The number of nitrogens with one attached hydrogen (secondary N) is 2. The minimum atomic E-state index is -4.82. The molecular weight excluding hydrogens is 422 g/mol. The smallest absolute Gasteiger partial charge is 0.314 e. The van der Waals surface area contributed by atoms with Crippen LogP contribution in [-0.4, -0.2) is 29.7 Å². The van der Waals surface area contributed by atoms with Gasteiger partial charge in [-0.1, -0.05) is 49.7 Å². The molecule has 1 aliphatic heterocycles. The van der Waals surface area contributed by atoms with E-state index in [2.05, 4.69) is 5.32 Å². The number of alkyl halides is 3. The number of carbonyl (C=O) groups is 1. The number of unbranched alkanes of at least 4 members (excludes halogenated alkanes) is 1. The molecule has 2 N–H and O–H groups in total. The van der Waals surface area contributed by atoms with Crippen LogP contribution in [-0.2, 0) is 17.5 Å². The Bertz CT molecular complexity index is 946. The molecule has 0 saturated carbocycles. The van der Waals surface area contributed by atoms with Crippen LogP contribution in [0.2, 0.25) is 0 Å². The maximum Gasteiger partial charge on any atom is 0.419 e. The average molecular weight is 449 g/mol. The molecule has 0 aromatic heterocycles. The topological polar surface area (TPSA) is 56.2 Å². The molecule has 2 aromatic carbocycles. The third-order valence-electron chi connectivity index (χ3n) is 5.76. The summed E-state index contributed by atoms with van der Waals surface area (Å²) in [4.78, 5) is 15.0. The van der Waals surface area contributed by atoms with Gasteiger partial charge >= 0.3 is 6.18 Å². The second kappa shape index (κ2) is 10.3. The number of halogens is 4. The van der Waals surface area contributed by atoms with Crippen LogP contribution in [0.3, 0.4) is 0 Å². The van der Waals surface area contributed by atoms with E-state index in [1.165, 1.54) is 6.07 Å². The highest BCUT2D eigenvalue weighted by atomic mass is 19.4. The Balaban J connectivity index is 1.86. The van der Waals surface area contributed by atoms with E-state index in [0.717, 1.165) is 30.5 Å². The van der Waals surface area contributed by atoms with Gasteiger partial charge in [0.25, 0.3) is 0 Å². The van der Waals surface area contributed by atoms with Crippen LogP contribution in [0.25, 0.3) is 0 Å². The fourth-order valence-electron chi connectivity index (χ4n) is 4.11. The molecule has 0 bridgehead atoms. The highest BCUT2D eigenvalue weighted by Gasteiger charge is 2.41. The van der Waals surface area contributed by atoms with Crippen LogP contribution < -0.4 is 5.32 Å². The van der Waals surface area contributed by atoms with Gasteiger partial charge in [0.05, 0.1) is 17.3 Å². The molecule has 0 spiro atoms. The van der Waals surface area contributed by atoms with Crippen LogP contribution in [0.4, 0.5) is 17.6 Å². The summed E-state index contributed by atoms with van der Waals surface area (Å²) in [5.74, 6) is -2.80. The second-order valence-corrected chi connectivity index (χ2v) is 8.20. The lowest BCUT2D eigenvalue weighted by Gasteiger charge is -2.20. The summed E-state index contributed by atoms with van der Waals surface area (Å²) in [6.07, 6.45) is -2.74. The van der Waals surface area contributed by atoms with E-state index < -0.39 is 29.4 Å². The third-order valence-corrected chi connectivity index (χ3v) is 5.76. The van der Waals surface area contributed by atoms with E-state index in [0.29, 0.717) is 26.1 Å². The fourth-order valence-corrected chi connectivity index (χ4v) is 4.11. The molecule has 32 heavy (non-hydrogen) atoms. The minimum absolute atomic E-state index is 0.104. The van der Waals surface area contributed by atoms with Crippen LogP contribution in [0.1, 0.15) is 48.8 Å². The number of hydrogen-bond acceptors (Lipinski definition) is 3. The quantitative estimate of drug-likeness (QED) is 0.340. The zero-order valence-electron chi connectivity index (χ0n) is 17.9. The molecule has 1 saturated heterocycles. The van der Waals surface area contributed by atoms with Gasteiger partial charge in [0, 0.05) is 32.0 Å². The SMILES string of the molecule is CCCCC(=N)NC(=O)[C@H]1CN(Cc2ccccc2)C[C@@H]1c1ccc(F)c(C(F)(F)F)c1. The molecule has 4 nitrogen and oxygen atoms in total. The van der Waals surface area contributed by atoms with Crippen molar-refractivity contribution in [3.05, 3.63) is 71.0 Å². The van der Waals surface area contributed by atoms with Crippen molar-refractivity contribution in [2.24, 2.45) is 5.92 Å². The molecule has 0 aliphatic carbocycles. The molecule has 1 amide bonds. The number of hydrogen-bond donors (Lipinski definition) is 2. The van der Waals surface area contributed by atoms with Crippen molar-refractivity contribution in [1.29, 1.82) is 5.41 Å². The van der Waals surface area contributed by atoms with Gasteiger partial charge in [0.1, 0.15) is 5.82 Å². The predicted molar refractivity (Wildman–Crippen MR) is 115 cm³/mol. The molecule has 2 aromatic rings. The lowest BCUT2D eigenvalue weighted by molar-refractivity contribution is -0.140. The Morgan fingerprint density at radius 2 is 1.88 bits per heavy atom. The molecule has 3 rings (SSSR count). The van der Waals surface area contributed by atoms with Gasteiger partial charge in [0.2, 0.25) is 5.91 Å². The largest absolute Gasteiger partial charge is 0.419 e. The van der Waals surface area contributed by atoms with Gasteiger partial charge in [-0.15, -0.1) is 0 Å². The zero-order chi connectivity index (χ0) is 23.3. The first kappa shape index (κ1) is 23.9. The van der Waals surface area contributed by atoms with Crippen molar-refractivity contribution in [3.8, 4) is 0 Å². The summed E-state index contributed by atoms with van der Waals surface area (Å²) < 4.78 is 53.6. The van der Waals surface area contributed by atoms with Crippen LogP contribution in [0.5, 0.6) is 0 Å². The first-order valence-corrected chi connectivity index (χ1v) is 10.7. The molecule has 1 heterocycles. The van der Waals surface area contributed by atoms with Gasteiger partial charge in [-0.05, 0) is 29.7 Å². The Morgan fingerprint density at radius 3 is 2.53 bits per heavy atom. The molecule has 0 unspecified atom stereocenters. The van der Waals surface area contributed by atoms with E-state index in [9.17, 15) is 22.4 Å². The zero-order valence-corrected chi connectivity index (χ0v) is 17.9. The molecule has 8 heteroatoms. The van der Waals surface area contributed by atoms with Crippen molar-refractivity contribution < 1.29 is 22.4 Å². The Labute approximate surface area is 185 Å². The van der Waals surface area contributed by atoms with Crippen molar-refractivity contribution in [1.82, 2.24) is 10.2 Å². The van der Waals surface area contributed by atoms with E-state index in [4.69, 9.17) is 5.41 Å². The van der Waals surface area contributed by atoms with Crippen molar-refractivity contribution in [2.75, 3.05) is 13.1 Å². The standard InChI is InChI=1S/C24H27F4N3O/c1-2-3-9-22(29)30-23(32)19-15-31(13-16-7-5-4-6-8-16)14-18(19)17-10-11-21(25)20(12-17)24(26,27)28/h4-8,10-12,18-19H,2-3,9,13-15H2,1H3,(H2,29,30,32)/t18-,19+/m1/s1. The van der Waals surface area contributed by atoms with Crippen molar-refractivity contribution >= 4 is 11.7 Å². The van der Waals surface area contributed by atoms with E-state index in [-0.39, 0.29) is 17.3 Å². The normalized spacial score (nSPS) is 19.2. The molecule has 1 aliphatic rings. The molecular formula is C24H27F4N3O. The minimum Gasteiger partial charge on any atom is -0.314 e. The van der Waals surface area contributed by atoms with E-state index >= 15 is 0 Å². The number of rotatable bonds is 7. The van der Waals surface area contributed by atoms with Gasteiger partial charge in [-0.3, -0.25) is 15.1 Å². The Hall–Kier alpha value is -2.74. The maximum absolute atomic E-state index is 13.8. The summed E-state index contributed by atoms with van der Waals surface area (Å²) in [7, 11) is 0. The predicted octanol–water partition coefficient (Wildman–Crippen LogP) is 5.34. The van der Waals surface area contributed by atoms with Crippen molar-refractivity contribution in [3.63, 3.8) is 0 Å². The number of carbonyl (C=O) groups excluding carboxylic acids is 1. The fraction of sp³-hybridized carbons (Fsp3) is 0.417. The van der Waals surface area contributed by atoms with Gasteiger partial charge < -0.3 is 5.32 Å². The van der Waals surface area contributed by atoms with E-state index in [1.54, 1.807) is 0 Å². The Kier molecular flexibility index (Phi) is 7.66. The lowest BCUT2D eigenvalue weighted by atomic mass is 9.87. The average Bonchev–Trinajstić information content (AvgIpc) is 3.16. The Morgan fingerprint density at radius 1 is 1.16 bits per heavy atom. The lowest BCUT2D eigenvalue weighted by Crippen LogP contribution is -2.38. The summed E-state index contributed by atoms with van der Waals surface area (Å²) in [6.45, 7) is 3.22. The molecule has 1 fully saturated rings.